The number of para-hydroxylation sites is 1. The lowest BCUT2D eigenvalue weighted by Crippen LogP contribution is -2.29. The van der Waals surface area contributed by atoms with Crippen LogP contribution in [0.5, 0.6) is 11.6 Å². The second kappa shape index (κ2) is 7.33. The summed E-state index contributed by atoms with van der Waals surface area (Å²) in [5.41, 5.74) is 3.14. The summed E-state index contributed by atoms with van der Waals surface area (Å²) in [6.45, 7) is 2.73. The van der Waals surface area contributed by atoms with Gasteiger partial charge in [0.1, 0.15) is 16.9 Å². The number of furan rings is 1. The van der Waals surface area contributed by atoms with Crippen molar-refractivity contribution in [3.05, 3.63) is 65.9 Å². The number of ether oxygens (including phenoxy) is 1. The van der Waals surface area contributed by atoms with Crippen LogP contribution < -0.4 is 4.74 Å². The van der Waals surface area contributed by atoms with Crippen molar-refractivity contribution in [1.29, 1.82) is 0 Å². The predicted molar refractivity (Wildman–Crippen MR) is 115 cm³/mol. The van der Waals surface area contributed by atoms with Crippen LogP contribution in [-0.2, 0) is 0 Å². The van der Waals surface area contributed by atoms with E-state index in [0.717, 1.165) is 45.8 Å². The van der Waals surface area contributed by atoms with Crippen LogP contribution in [0.3, 0.4) is 0 Å². The van der Waals surface area contributed by atoms with Gasteiger partial charge in [0.2, 0.25) is 5.88 Å². The molecule has 2 aromatic carbocycles. The third-order valence-electron chi connectivity index (χ3n) is 4.95. The maximum Gasteiger partial charge on any atom is 0.230 e. The van der Waals surface area contributed by atoms with E-state index in [1.807, 2.05) is 66.4 Å². The first-order valence-electron chi connectivity index (χ1n) is 9.35. The van der Waals surface area contributed by atoms with Crippen molar-refractivity contribution in [2.45, 2.75) is 6.92 Å². The molecular weight excluding hydrogens is 386 g/mol. The molecule has 0 bridgehead atoms. The molecule has 146 valence electrons. The number of benzene rings is 2. The van der Waals surface area contributed by atoms with Gasteiger partial charge in [0.25, 0.3) is 0 Å². The number of pyridine rings is 1. The van der Waals surface area contributed by atoms with Gasteiger partial charge in [-0.1, -0.05) is 23.4 Å². The van der Waals surface area contributed by atoms with Crippen LogP contribution in [-0.4, -0.2) is 39.1 Å². The molecule has 5 rings (SSSR count). The topological polar surface area (TPSA) is 71.1 Å². The van der Waals surface area contributed by atoms with Crippen molar-refractivity contribution >= 4 is 39.5 Å². The van der Waals surface area contributed by atoms with E-state index in [4.69, 9.17) is 9.15 Å². The minimum Gasteiger partial charge on any atom is -0.456 e. The van der Waals surface area contributed by atoms with Gasteiger partial charge in [-0.2, -0.15) is 0 Å². The van der Waals surface area contributed by atoms with E-state index in [9.17, 15) is 5.21 Å². The lowest BCUT2D eigenvalue weighted by Gasteiger charge is -2.19. The first-order valence-corrected chi connectivity index (χ1v) is 10.5. The molecule has 0 radical (unpaired) electrons. The third-order valence-corrected chi connectivity index (χ3v) is 5.92. The number of aromatic nitrogens is 1. The van der Waals surface area contributed by atoms with Crippen molar-refractivity contribution in [3.8, 4) is 11.6 Å². The Balaban J connectivity index is 1.56. The van der Waals surface area contributed by atoms with Crippen LogP contribution in [0.25, 0.3) is 21.9 Å². The number of fused-ring (bicyclic) bond motifs is 3. The number of thioether (sulfide) groups is 1. The molecule has 0 atom stereocenters. The Labute approximate surface area is 171 Å². The second-order valence-electron chi connectivity index (χ2n) is 6.89. The lowest BCUT2D eigenvalue weighted by molar-refractivity contribution is 0.307. The van der Waals surface area contributed by atoms with E-state index in [2.05, 4.69) is 10.1 Å². The van der Waals surface area contributed by atoms with E-state index in [-0.39, 0.29) is 0 Å². The molecule has 6 nitrogen and oxygen atoms in total. The van der Waals surface area contributed by atoms with Gasteiger partial charge < -0.3 is 19.3 Å². The highest BCUT2D eigenvalue weighted by Crippen LogP contribution is 2.33. The van der Waals surface area contributed by atoms with E-state index in [0.29, 0.717) is 23.0 Å². The highest BCUT2D eigenvalue weighted by atomic mass is 32.2. The van der Waals surface area contributed by atoms with E-state index >= 15 is 0 Å². The normalized spacial score (nSPS) is 14.8. The Kier molecular flexibility index (Phi) is 4.52. The summed E-state index contributed by atoms with van der Waals surface area (Å²) in [6.07, 6.45) is 0. The first-order chi connectivity index (χ1) is 14.2. The molecule has 29 heavy (non-hydrogen) atoms. The molecule has 0 amide bonds. The van der Waals surface area contributed by atoms with Crippen molar-refractivity contribution in [3.63, 3.8) is 0 Å². The van der Waals surface area contributed by atoms with Gasteiger partial charge in [-0.25, -0.2) is 4.98 Å². The molecule has 7 heteroatoms. The fourth-order valence-corrected chi connectivity index (χ4v) is 4.48. The lowest BCUT2D eigenvalue weighted by atomic mass is 10.1. The Morgan fingerprint density at radius 1 is 1.14 bits per heavy atom. The van der Waals surface area contributed by atoms with E-state index < -0.39 is 0 Å². The van der Waals surface area contributed by atoms with Gasteiger partial charge in [-0.15, -0.1) is 11.8 Å². The number of oxime groups is 1. The molecule has 4 aromatic rings. The number of nitrogens with zero attached hydrogens (tertiary/aromatic N) is 3. The molecule has 2 aromatic heterocycles. The summed E-state index contributed by atoms with van der Waals surface area (Å²) in [5, 5.41) is 15.2. The number of rotatable bonds is 3. The van der Waals surface area contributed by atoms with Crippen LogP contribution in [0.4, 0.5) is 0 Å². The number of hydrogen-bond donors (Lipinski definition) is 1. The molecule has 1 fully saturated rings. The standard InChI is InChI=1S/C22H19N3O3S/c1-14-6-8-17(21(24-26)25-10-11-29-13-25)22(23-14)27-15-7-9-20-18(12-15)16-4-2-3-5-19(16)28-20/h2-9,12,26H,10-11,13H2,1H3/b24-21-. The molecule has 1 aliphatic heterocycles. The molecule has 0 saturated carbocycles. The minimum absolute atomic E-state index is 0.418. The molecular formula is C22H19N3O3S. The Bertz CT molecular complexity index is 1230. The number of amidine groups is 1. The Morgan fingerprint density at radius 2 is 2.00 bits per heavy atom. The molecule has 3 heterocycles. The molecule has 1 aliphatic rings. The number of aryl methyl sites for hydroxylation is 1. The van der Waals surface area contributed by atoms with Gasteiger partial charge in [0, 0.05) is 28.8 Å². The van der Waals surface area contributed by atoms with Gasteiger partial charge in [-0.05, 0) is 43.3 Å². The SMILES string of the molecule is Cc1ccc(/C(=N/O)N2CCSC2)c(Oc2ccc3oc4ccccc4c3c2)n1. The minimum atomic E-state index is 0.418. The van der Waals surface area contributed by atoms with Crippen molar-refractivity contribution in [1.82, 2.24) is 9.88 Å². The Morgan fingerprint density at radius 3 is 2.83 bits per heavy atom. The highest BCUT2D eigenvalue weighted by molar-refractivity contribution is 7.99. The van der Waals surface area contributed by atoms with Gasteiger partial charge >= 0.3 is 0 Å². The van der Waals surface area contributed by atoms with Gasteiger partial charge in [-0.3, -0.25) is 0 Å². The first kappa shape index (κ1) is 17.9. The second-order valence-corrected chi connectivity index (χ2v) is 7.96. The average molecular weight is 405 g/mol. The largest absolute Gasteiger partial charge is 0.456 e. The van der Waals surface area contributed by atoms with Gasteiger partial charge in [0.15, 0.2) is 5.84 Å². The van der Waals surface area contributed by atoms with Crippen LogP contribution in [0.2, 0.25) is 0 Å². The van der Waals surface area contributed by atoms with Crippen LogP contribution in [0, 0.1) is 6.92 Å². The van der Waals surface area contributed by atoms with Crippen molar-refractivity contribution in [2.75, 3.05) is 18.2 Å². The maximum atomic E-state index is 9.67. The smallest absolute Gasteiger partial charge is 0.230 e. The summed E-state index contributed by atoms with van der Waals surface area (Å²) in [7, 11) is 0. The van der Waals surface area contributed by atoms with E-state index in [1.165, 1.54) is 0 Å². The predicted octanol–water partition coefficient (Wildman–Crippen LogP) is 5.22. The molecule has 1 N–H and O–H groups in total. The van der Waals surface area contributed by atoms with Crippen LogP contribution in [0.15, 0.2) is 64.2 Å². The Hall–Kier alpha value is -3.19. The highest BCUT2D eigenvalue weighted by Gasteiger charge is 2.23. The zero-order valence-electron chi connectivity index (χ0n) is 15.8. The summed E-state index contributed by atoms with van der Waals surface area (Å²) >= 11 is 1.80. The summed E-state index contributed by atoms with van der Waals surface area (Å²) < 4.78 is 12.1. The molecule has 0 spiro atoms. The summed E-state index contributed by atoms with van der Waals surface area (Å²) in [5.74, 6) is 3.32. The zero-order valence-corrected chi connectivity index (χ0v) is 16.6. The third kappa shape index (κ3) is 3.27. The number of hydrogen-bond acceptors (Lipinski definition) is 6. The molecule has 1 saturated heterocycles. The fraction of sp³-hybridized carbons (Fsp3) is 0.182. The summed E-state index contributed by atoms with van der Waals surface area (Å²) in [6, 6.07) is 17.4. The fourth-order valence-electron chi connectivity index (χ4n) is 3.53. The monoisotopic (exact) mass is 405 g/mol. The molecule has 0 aliphatic carbocycles. The van der Waals surface area contributed by atoms with E-state index in [1.54, 1.807) is 11.8 Å². The average Bonchev–Trinajstić information content (AvgIpc) is 3.38. The summed E-state index contributed by atoms with van der Waals surface area (Å²) in [4.78, 5) is 6.59. The molecule has 0 unspecified atom stereocenters. The van der Waals surface area contributed by atoms with Crippen molar-refractivity contribution < 1.29 is 14.4 Å². The van der Waals surface area contributed by atoms with Crippen molar-refractivity contribution in [2.24, 2.45) is 5.16 Å². The van der Waals surface area contributed by atoms with Crippen LogP contribution in [0.1, 0.15) is 11.3 Å². The quantitative estimate of drug-likeness (QED) is 0.218. The maximum absolute atomic E-state index is 9.67. The van der Waals surface area contributed by atoms with Crippen LogP contribution >= 0.6 is 11.8 Å². The zero-order chi connectivity index (χ0) is 19.8. The van der Waals surface area contributed by atoms with Gasteiger partial charge in [0.05, 0.1) is 11.4 Å².